The monoisotopic (exact) mass is 309 g/mol. The molecule has 11 heteroatoms. The molecule has 0 aromatic carbocycles. The van der Waals surface area contributed by atoms with Gasteiger partial charge >= 0.3 is 68.7 Å². The van der Waals surface area contributed by atoms with Gasteiger partial charge in [-0.2, -0.15) is 13.2 Å². The van der Waals surface area contributed by atoms with Crippen molar-refractivity contribution in [3.8, 4) is 0 Å². The minimum atomic E-state index is -5.08. The summed E-state index contributed by atoms with van der Waals surface area (Å²) in [7, 11) is 0. The fourth-order valence-corrected chi connectivity index (χ4v) is 0. The number of rotatable bonds is 0. The van der Waals surface area contributed by atoms with Gasteiger partial charge in [-0.3, -0.25) is 0 Å². The van der Waals surface area contributed by atoms with E-state index in [1.807, 2.05) is 0 Å². The first-order valence-electron chi connectivity index (χ1n) is 2.27. The van der Waals surface area contributed by atoms with E-state index in [-0.39, 0.29) is 17.1 Å². The molecule has 1 radical (unpaired) electrons. The number of alkyl halides is 3. The SMILES string of the molecule is O=C(O)C(F)(F)F.[C-]#[O+].[C-]#[O+].[C-]#[O+].[C-]#[O+].[C-]#[O+].[Mn]. The Balaban J connectivity index is -0.0000000189. The van der Waals surface area contributed by atoms with Crippen LogP contribution in [0.2, 0.25) is 0 Å². The van der Waals surface area contributed by atoms with Gasteiger partial charge < -0.3 is 5.11 Å². The summed E-state index contributed by atoms with van der Waals surface area (Å²) in [5, 5.41) is 7.12. The van der Waals surface area contributed by atoms with Gasteiger partial charge in [0, 0.05) is 17.1 Å². The second-order valence-electron chi connectivity index (χ2n) is 0.803. The fraction of sp³-hybridized carbons (Fsp3) is 0.143. The van der Waals surface area contributed by atoms with E-state index in [1.54, 1.807) is 0 Å². The third kappa shape index (κ3) is 131. The molecule has 0 aromatic rings. The zero-order valence-corrected chi connectivity index (χ0v) is 9.09. The Labute approximate surface area is 109 Å². The van der Waals surface area contributed by atoms with Crippen LogP contribution in [0.25, 0.3) is 0 Å². The summed E-state index contributed by atoms with van der Waals surface area (Å²) in [5.41, 5.74) is 0. The maximum atomic E-state index is 10.6. The van der Waals surface area contributed by atoms with Crippen molar-refractivity contribution in [1.82, 2.24) is 0 Å². The minimum absolute atomic E-state index is 0. The van der Waals surface area contributed by atoms with Crippen LogP contribution in [0, 0.1) is 33.3 Å². The Kier molecular flexibility index (Phi) is 142. The van der Waals surface area contributed by atoms with Crippen molar-refractivity contribution < 1.29 is 63.4 Å². The number of halogens is 3. The van der Waals surface area contributed by atoms with Gasteiger partial charge in [0.2, 0.25) is 0 Å². The molecular formula is C7HF3MnO7. The maximum absolute atomic E-state index is 10.6. The van der Waals surface area contributed by atoms with E-state index in [9.17, 15) is 13.2 Å². The molecule has 0 saturated heterocycles. The Hall–Kier alpha value is -1.52. The Bertz CT molecular complexity index is 216. The summed E-state index contributed by atoms with van der Waals surface area (Å²) in [6.45, 7) is 22.5. The molecule has 0 aliphatic carbocycles. The van der Waals surface area contributed by atoms with Crippen molar-refractivity contribution >= 4 is 5.97 Å². The predicted molar refractivity (Wildman–Crippen MR) is 33.3 cm³/mol. The van der Waals surface area contributed by atoms with Gasteiger partial charge in [0.1, 0.15) is 0 Å². The third-order valence-corrected chi connectivity index (χ3v) is 0.243. The van der Waals surface area contributed by atoms with Gasteiger partial charge in [0.05, 0.1) is 0 Å². The topological polar surface area (TPSA) is 137 Å². The van der Waals surface area contributed by atoms with Gasteiger partial charge in [-0.25, -0.2) is 4.79 Å². The van der Waals surface area contributed by atoms with Crippen LogP contribution in [0.4, 0.5) is 13.2 Å². The molecule has 0 unspecified atom stereocenters. The largest absolute Gasteiger partial charge is 0 e. The normalized spacial score (nSPS) is 4.94. The summed E-state index contributed by atoms with van der Waals surface area (Å²) in [5.74, 6) is -2.76. The van der Waals surface area contributed by atoms with Crippen LogP contribution in [-0.4, -0.2) is 17.3 Å². The number of carbonyl (C=O) groups is 1. The number of carboxylic acid groups (broad SMARTS) is 1. The molecule has 0 fully saturated rings. The minimum Gasteiger partial charge on any atom is 0 e. The van der Waals surface area contributed by atoms with Crippen molar-refractivity contribution in [2.45, 2.75) is 6.18 Å². The standard InChI is InChI=1S/C2HF3O2.5CO.Mn/c3-2(4,5)1(6)7;5*1-2;/h(H,6,7);;;;;;. The number of hydrogen-bond donors (Lipinski definition) is 1. The average Bonchev–Trinajstić information content (AvgIpc) is 2.40. The number of hydrogen-bond acceptors (Lipinski definition) is 1. The Morgan fingerprint density at radius 1 is 0.778 bits per heavy atom. The molecule has 0 heterocycles. The quantitative estimate of drug-likeness (QED) is 0.394. The Morgan fingerprint density at radius 2 is 0.833 bits per heavy atom. The second kappa shape index (κ2) is 58.0. The molecule has 0 spiro atoms. The van der Waals surface area contributed by atoms with Crippen molar-refractivity contribution in [2.24, 2.45) is 0 Å². The van der Waals surface area contributed by atoms with E-state index in [1.165, 1.54) is 0 Å². The fourth-order valence-electron chi connectivity index (χ4n) is 0. The summed E-state index contributed by atoms with van der Waals surface area (Å²) in [6, 6.07) is 0. The van der Waals surface area contributed by atoms with Crippen LogP contribution in [0.3, 0.4) is 0 Å². The number of carboxylic acids is 1. The van der Waals surface area contributed by atoms with E-state index in [2.05, 4.69) is 33.3 Å². The van der Waals surface area contributed by atoms with E-state index in [0.29, 0.717) is 0 Å². The first-order chi connectivity index (χ1) is 7.94. The first-order valence-corrected chi connectivity index (χ1v) is 2.27. The van der Waals surface area contributed by atoms with Gasteiger partial charge in [-0.1, -0.05) is 0 Å². The smallest absolute Gasteiger partial charge is 0 e. The molecule has 0 amide bonds. The molecule has 0 atom stereocenters. The summed E-state index contributed by atoms with van der Waals surface area (Å²) >= 11 is 0. The molecule has 0 aliphatic heterocycles. The molecule has 7 nitrogen and oxygen atoms in total. The van der Waals surface area contributed by atoms with Gasteiger partial charge in [0.25, 0.3) is 0 Å². The summed E-state index contributed by atoms with van der Waals surface area (Å²) < 4.78 is 69.2. The van der Waals surface area contributed by atoms with E-state index < -0.39 is 12.1 Å². The van der Waals surface area contributed by atoms with Crippen molar-refractivity contribution in [1.29, 1.82) is 0 Å². The van der Waals surface area contributed by atoms with E-state index in [0.717, 1.165) is 0 Å². The third-order valence-electron chi connectivity index (χ3n) is 0.243. The van der Waals surface area contributed by atoms with Gasteiger partial charge in [-0.15, -0.1) is 0 Å². The van der Waals surface area contributed by atoms with Crippen LogP contribution in [0.1, 0.15) is 0 Å². The van der Waals surface area contributed by atoms with Crippen LogP contribution in [0.15, 0.2) is 0 Å². The first kappa shape index (κ1) is 43.9. The molecular weight excluding hydrogens is 308 g/mol. The summed E-state index contributed by atoms with van der Waals surface area (Å²) in [4.78, 5) is 8.90. The number of aliphatic carboxylic acids is 1. The predicted octanol–water partition coefficient (Wildman–Crippen LogP) is 0.443. The van der Waals surface area contributed by atoms with Crippen LogP contribution < -0.4 is 0 Å². The van der Waals surface area contributed by atoms with Crippen molar-refractivity contribution in [3.05, 3.63) is 33.3 Å². The zero-order valence-electron chi connectivity index (χ0n) is 7.91. The Morgan fingerprint density at radius 3 is 0.833 bits per heavy atom. The zero-order chi connectivity index (χ0) is 16.1. The molecule has 0 saturated carbocycles. The van der Waals surface area contributed by atoms with Crippen LogP contribution in [-0.2, 0) is 45.1 Å². The molecule has 0 bridgehead atoms. The van der Waals surface area contributed by atoms with E-state index >= 15 is 0 Å². The second-order valence-corrected chi connectivity index (χ2v) is 0.803. The molecule has 0 rings (SSSR count). The van der Waals surface area contributed by atoms with Crippen LogP contribution in [0.5, 0.6) is 0 Å². The average molecular weight is 309 g/mol. The van der Waals surface area contributed by atoms with E-state index in [4.69, 9.17) is 33.2 Å². The van der Waals surface area contributed by atoms with Crippen molar-refractivity contribution in [2.75, 3.05) is 0 Å². The van der Waals surface area contributed by atoms with Gasteiger partial charge in [-0.05, 0) is 0 Å². The molecule has 0 aromatic heterocycles. The molecule has 0 aliphatic rings. The van der Waals surface area contributed by atoms with Gasteiger partial charge in [0.15, 0.2) is 0 Å². The maximum Gasteiger partial charge on any atom is 0 e. The van der Waals surface area contributed by atoms with Crippen molar-refractivity contribution in [3.63, 3.8) is 0 Å². The molecule has 1 N–H and O–H groups in total. The molecule has 18 heavy (non-hydrogen) atoms. The summed E-state index contributed by atoms with van der Waals surface area (Å²) in [6.07, 6.45) is -5.08. The van der Waals surface area contributed by atoms with Crippen LogP contribution >= 0.6 is 0 Å². The molecule has 99 valence electrons.